The highest BCUT2D eigenvalue weighted by atomic mass is 35.5. The van der Waals surface area contributed by atoms with Gasteiger partial charge in [-0.3, -0.25) is 4.79 Å². The van der Waals surface area contributed by atoms with Crippen LogP contribution in [-0.2, 0) is 23.8 Å². The average Bonchev–Trinajstić information content (AvgIpc) is 2.97. The number of carboxylic acids is 1. The van der Waals surface area contributed by atoms with Crippen molar-refractivity contribution in [1.29, 1.82) is 0 Å². The smallest absolute Gasteiger partial charge is 0.416 e. The van der Waals surface area contributed by atoms with Crippen LogP contribution >= 0.6 is 11.6 Å². The fraction of sp³-hybridized carbons (Fsp3) is 0.200. The molecule has 3 aromatic carbocycles. The topological polar surface area (TPSA) is 95.4 Å². The Morgan fingerprint density at radius 2 is 1.76 bits per heavy atom. The number of hydrogen-bond acceptors (Lipinski definition) is 5. The van der Waals surface area contributed by atoms with E-state index in [9.17, 15) is 27.9 Å². The minimum Gasteiger partial charge on any atom is -0.480 e. The van der Waals surface area contributed by atoms with Crippen LogP contribution in [0.15, 0.2) is 78.9 Å². The van der Waals surface area contributed by atoms with Crippen molar-refractivity contribution in [1.82, 2.24) is 15.3 Å². The minimum atomic E-state index is -4.59. The Hall–Kier alpha value is -4.44. The zero-order valence-electron chi connectivity index (χ0n) is 21.5. The number of amides is 1. The van der Waals surface area contributed by atoms with E-state index in [1.165, 1.54) is 18.2 Å². The first kappa shape index (κ1) is 28.1. The van der Waals surface area contributed by atoms with E-state index < -0.39 is 29.7 Å². The van der Waals surface area contributed by atoms with Gasteiger partial charge in [0, 0.05) is 35.3 Å². The van der Waals surface area contributed by atoms with Crippen molar-refractivity contribution in [3.63, 3.8) is 0 Å². The summed E-state index contributed by atoms with van der Waals surface area (Å²) in [6, 6.07) is 18.9. The van der Waals surface area contributed by atoms with Gasteiger partial charge in [-0.2, -0.15) is 13.2 Å². The summed E-state index contributed by atoms with van der Waals surface area (Å²) in [6.07, 6.45) is -2.97. The van der Waals surface area contributed by atoms with Crippen molar-refractivity contribution in [2.45, 2.75) is 31.5 Å². The largest absolute Gasteiger partial charge is 0.480 e. The fourth-order valence-corrected chi connectivity index (χ4v) is 4.84. The number of carbonyl (C=O) groups is 2. The van der Waals surface area contributed by atoms with E-state index in [1.54, 1.807) is 24.3 Å². The van der Waals surface area contributed by atoms with Gasteiger partial charge in [-0.25, -0.2) is 14.8 Å². The summed E-state index contributed by atoms with van der Waals surface area (Å²) in [6.45, 7) is 0.561. The average molecular weight is 581 g/mol. The number of anilines is 2. The maximum absolute atomic E-state index is 13.5. The zero-order valence-corrected chi connectivity index (χ0v) is 22.3. The Morgan fingerprint density at radius 1 is 1.00 bits per heavy atom. The lowest BCUT2D eigenvalue weighted by molar-refractivity contribution is -0.139. The first-order valence-electron chi connectivity index (χ1n) is 12.8. The third kappa shape index (κ3) is 6.49. The number of para-hydroxylation sites is 1. The molecule has 0 saturated heterocycles. The zero-order chi connectivity index (χ0) is 29.1. The van der Waals surface area contributed by atoms with Crippen molar-refractivity contribution in [3.8, 4) is 11.4 Å². The molecule has 1 aromatic heterocycles. The lowest BCUT2D eigenvalue weighted by Crippen LogP contribution is -2.42. The predicted molar refractivity (Wildman–Crippen MR) is 148 cm³/mol. The van der Waals surface area contributed by atoms with Crippen LogP contribution in [0.3, 0.4) is 0 Å². The minimum absolute atomic E-state index is 0.0177. The third-order valence-corrected chi connectivity index (χ3v) is 6.99. The second kappa shape index (κ2) is 11.6. The Morgan fingerprint density at radius 3 is 2.49 bits per heavy atom. The van der Waals surface area contributed by atoms with Crippen molar-refractivity contribution in [2.24, 2.45) is 0 Å². The van der Waals surface area contributed by atoms with E-state index in [2.05, 4.69) is 15.3 Å². The second-order valence-electron chi connectivity index (χ2n) is 9.59. The van der Waals surface area contributed by atoms with E-state index in [-0.39, 0.29) is 23.5 Å². The molecule has 0 aliphatic carbocycles. The molecule has 7 nitrogen and oxygen atoms in total. The number of rotatable bonds is 7. The van der Waals surface area contributed by atoms with Crippen molar-refractivity contribution < 1.29 is 27.9 Å². The number of carboxylic acid groups (broad SMARTS) is 1. The Kier molecular flexibility index (Phi) is 7.94. The number of hydrogen-bond donors (Lipinski definition) is 2. The lowest BCUT2D eigenvalue weighted by Gasteiger charge is -2.30. The Labute approximate surface area is 238 Å². The molecule has 210 valence electrons. The molecule has 1 unspecified atom stereocenters. The Bertz CT molecular complexity index is 1590. The summed E-state index contributed by atoms with van der Waals surface area (Å²) in [5.74, 6) is -1.83. The molecule has 0 bridgehead atoms. The molecule has 0 fully saturated rings. The van der Waals surface area contributed by atoms with Crippen molar-refractivity contribution >= 4 is 35.0 Å². The van der Waals surface area contributed by atoms with Gasteiger partial charge in [0.25, 0.3) is 5.91 Å². The standard InChI is InChI=1S/C30H24ClF3N4O3/c31-22-12-10-18(11-13-22)15-24(29(40)41)36-28(39)23-17-26(38-14-4-7-19-5-1-2-9-25(19)38)37-27(35-23)20-6-3-8-21(16-20)30(32,33)34/h1-3,5-6,8-13,16-17,24H,4,7,14-15H2,(H,36,39)(H,40,41). The van der Waals surface area contributed by atoms with Gasteiger partial charge < -0.3 is 15.3 Å². The Balaban J connectivity index is 1.54. The highest BCUT2D eigenvalue weighted by molar-refractivity contribution is 6.30. The van der Waals surface area contributed by atoms with E-state index >= 15 is 0 Å². The van der Waals surface area contributed by atoms with E-state index in [4.69, 9.17) is 11.6 Å². The first-order chi connectivity index (χ1) is 19.6. The van der Waals surface area contributed by atoms with Gasteiger partial charge in [-0.1, -0.05) is 54.1 Å². The number of benzene rings is 3. The SMILES string of the molecule is O=C(NC(Cc1ccc(Cl)cc1)C(=O)O)c1cc(N2CCCc3ccccc32)nc(-c2cccc(C(F)(F)F)c2)n1. The molecule has 4 aromatic rings. The van der Waals surface area contributed by atoms with Crippen LogP contribution in [0, 0.1) is 0 Å². The summed E-state index contributed by atoms with van der Waals surface area (Å²) in [5.41, 5.74) is 1.58. The highest BCUT2D eigenvalue weighted by Gasteiger charge is 2.31. The maximum atomic E-state index is 13.5. The molecule has 1 amide bonds. The summed E-state index contributed by atoms with van der Waals surface area (Å²) >= 11 is 5.92. The van der Waals surface area contributed by atoms with E-state index in [0.717, 1.165) is 36.2 Å². The monoisotopic (exact) mass is 580 g/mol. The molecule has 2 heterocycles. The van der Waals surface area contributed by atoms with Gasteiger partial charge in [-0.05, 0) is 54.3 Å². The van der Waals surface area contributed by atoms with Crippen molar-refractivity contribution in [3.05, 3.63) is 106 Å². The first-order valence-corrected chi connectivity index (χ1v) is 13.2. The van der Waals surface area contributed by atoms with Gasteiger partial charge >= 0.3 is 12.1 Å². The number of nitrogens with one attached hydrogen (secondary N) is 1. The number of aliphatic carboxylic acids is 1. The van der Waals surface area contributed by atoms with Crippen LogP contribution in [0.4, 0.5) is 24.7 Å². The molecule has 0 spiro atoms. The predicted octanol–water partition coefficient (Wildman–Crippen LogP) is 6.33. The number of carbonyl (C=O) groups excluding carboxylic acids is 1. The molecule has 0 saturated carbocycles. The molecule has 5 rings (SSSR count). The second-order valence-corrected chi connectivity index (χ2v) is 10.0. The van der Waals surface area contributed by atoms with Gasteiger partial charge in [0.15, 0.2) is 5.82 Å². The molecule has 1 aliphatic heterocycles. The molecular formula is C30H24ClF3N4O3. The molecule has 1 atom stereocenters. The lowest BCUT2D eigenvalue weighted by atomic mass is 10.0. The fourth-order valence-electron chi connectivity index (χ4n) is 4.71. The summed E-state index contributed by atoms with van der Waals surface area (Å²) < 4.78 is 40.4. The van der Waals surface area contributed by atoms with Gasteiger partial charge in [-0.15, -0.1) is 0 Å². The van der Waals surface area contributed by atoms with E-state index in [0.29, 0.717) is 22.9 Å². The van der Waals surface area contributed by atoms with Crippen LogP contribution in [0.5, 0.6) is 0 Å². The van der Waals surface area contributed by atoms with Crippen LogP contribution < -0.4 is 10.2 Å². The molecule has 1 aliphatic rings. The molecular weight excluding hydrogens is 557 g/mol. The van der Waals surface area contributed by atoms with Crippen LogP contribution in [0.2, 0.25) is 5.02 Å². The number of halogens is 4. The molecule has 2 N–H and O–H groups in total. The number of aromatic nitrogens is 2. The van der Waals surface area contributed by atoms with Crippen LogP contribution in [0.25, 0.3) is 11.4 Å². The number of nitrogens with zero attached hydrogens (tertiary/aromatic N) is 3. The molecule has 0 radical (unpaired) electrons. The van der Waals surface area contributed by atoms with Crippen LogP contribution in [0.1, 0.15) is 33.6 Å². The van der Waals surface area contributed by atoms with Gasteiger partial charge in [0.1, 0.15) is 17.6 Å². The summed E-state index contributed by atoms with van der Waals surface area (Å²) in [5, 5.41) is 12.8. The quantitative estimate of drug-likeness (QED) is 0.265. The third-order valence-electron chi connectivity index (χ3n) is 6.74. The highest BCUT2D eigenvalue weighted by Crippen LogP contribution is 2.35. The van der Waals surface area contributed by atoms with Crippen molar-refractivity contribution in [2.75, 3.05) is 11.4 Å². The molecule has 11 heteroatoms. The number of fused-ring (bicyclic) bond motifs is 1. The van der Waals surface area contributed by atoms with Crippen LogP contribution in [-0.4, -0.2) is 39.5 Å². The summed E-state index contributed by atoms with van der Waals surface area (Å²) in [4.78, 5) is 36.2. The van der Waals surface area contributed by atoms with E-state index in [1.807, 2.05) is 29.2 Å². The number of aryl methyl sites for hydroxylation is 1. The normalized spacial score (nSPS) is 13.8. The summed E-state index contributed by atoms with van der Waals surface area (Å²) in [7, 11) is 0. The maximum Gasteiger partial charge on any atom is 0.416 e. The number of alkyl halides is 3. The van der Waals surface area contributed by atoms with Gasteiger partial charge in [0.2, 0.25) is 0 Å². The molecule has 41 heavy (non-hydrogen) atoms. The van der Waals surface area contributed by atoms with Gasteiger partial charge in [0.05, 0.1) is 5.56 Å².